The lowest BCUT2D eigenvalue weighted by atomic mass is 10.2. The highest BCUT2D eigenvalue weighted by Crippen LogP contribution is 2.21. The number of hydrogen-bond acceptors (Lipinski definition) is 2. The molecule has 2 aromatic carbocycles. The van der Waals surface area contributed by atoms with Crippen molar-refractivity contribution in [2.75, 3.05) is 0 Å². The van der Waals surface area contributed by atoms with Crippen LogP contribution in [-0.4, -0.2) is 12.0 Å². The summed E-state index contributed by atoms with van der Waals surface area (Å²) < 4.78 is 5.68. The molecule has 0 aromatic heterocycles. The molecule has 0 aliphatic rings. The number of benzene rings is 2. The van der Waals surface area contributed by atoms with Crippen molar-refractivity contribution in [2.45, 2.75) is 26.5 Å². The van der Waals surface area contributed by atoms with Crippen LogP contribution in [0.25, 0.3) is 0 Å². The van der Waals surface area contributed by atoms with Gasteiger partial charge in [-0.3, -0.25) is 4.79 Å². The fourth-order valence-electron chi connectivity index (χ4n) is 1.92. The Bertz CT molecular complexity index is 673. The van der Waals surface area contributed by atoms with Crippen molar-refractivity contribution in [1.82, 2.24) is 5.32 Å². The Morgan fingerprint density at radius 2 is 1.95 bits per heavy atom. The van der Waals surface area contributed by atoms with Gasteiger partial charge in [-0.15, -0.1) is 0 Å². The van der Waals surface area contributed by atoms with Crippen LogP contribution < -0.4 is 10.1 Å². The van der Waals surface area contributed by atoms with E-state index in [0.29, 0.717) is 22.3 Å². The summed E-state index contributed by atoms with van der Waals surface area (Å²) in [5.74, 6) is 0.504. The summed E-state index contributed by atoms with van der Waals surface area (Å²) in [5, 5.41) is 3.90. The zero-order chi connectivity index (χ0) is 16.1. The molecule has 0 bridgehead atoms. The Morgan fingerprint density at radius 3 is 2.64 bits per heavy atom. The minimum absolute atomic E-state index is 0.200. The molecule has 1 N–H and O–H groups in total. The van der Waals surface area contributed by atoms with E-state index in [1.165, 1.54) is 0 Å². The maximum absolute atomic E-state index is 12.1. The molecule has 0 spiro atoms. The average Bonchev–Trinajstić information content (AvgIpc) is 2.48. The van der Waals surface area contributed by atoms with Gasteiger partial charge in [-0.1, -0.05) is 47.5 Å². The molecule has 1 amide bonds. The minimum Gasteiger partial charge on any atom is -0.481 e. The summed E-state index contributed by atoms with van der Waals surface area (Å²) in [6.07, 6.45) is -0.591. The van der Waals surface area contributed by atoms with Gasteiger partial charge in [0.1, 0.15) is 5.75 Å². The lowest BCUT2D eigenvalue weighted by molar-refractivity contribution is -0.127. The first-order valence-corrected chi connectivity index (χ1v) is 7.67. The largest absolute Gasteiger partial charge is 0.481 e. The Balaban J connectivity index is 1.93. The van der Waals surface area contributed by atoms with Crippen molar-refractivity contribution < 1.29 is 9.53 Å². The third-order valence-electron chi connectivity index (χ3n) is 3.23. The number of amides is 1. The van der Waals surface area contributed by atoms with Crippen molar-refractivity contribution in [3.63, 3.8) is 0 Å². The molecule has 1 atom stereocenters. The molecule has 0 radical (unpaired) electrons. The third-order valence-corrected chi connectivity index (χ3v) is 3.82. The molecular formula is C17H17Cl2NO2. The molecule has 2 aromatic rings. The van der Waals surface area contributed by atoms with Crippen molar-refractivity contribution in [3.05, 3.63) is 63.6 Å². The molecule has 0 saturated carbocycles. The second-order valence-electron chi connectivity index (χ2n) is 4.98. The molecular weight excluding hydrogens is 321 g/mol. The molecule has 0 aliphatic heterocycles. The molecule has 0 saturated heterocycles. The lowest BCUT2D eigenvalue weighted by Gasteiger charge is -2.16. The van der Waals surface area contributed by atoms with Crippen LogP contribution >= 0.6 is 23.2 Å². The normalized spacial score (nSPS) is 11.8. The van der Waals surface area contributed by atoms with E-state index in [0.717, 1.165) is 11.1 Å². The van der Waals surface area contributed by atoms with E-state index in [-0.39, 0.29) is 5.91 Å². The van der Waals surface area contributed by atoms with Gasteiger partial charge in [0.2, 0.25) is 0 Å². The fourth-order valence-corrected chi connectivity index (χ4v) is 2.40. The summed E-state index contributed by atoms with van der Waals surface area (Å²) >= 11 is 11.9. The number of rotatable bonds is 5. The van der Waals surface area contributed by atoms with E-state index < -0.39 is 6.10 Å². The highest BCUT2D eigenvalue weighted by atomic mass is 35.5. The standard InChI is InChI=1S/C17H17Cl2NO2/c1-11-5-3-4-6-16(11)22-12(2)17(21)20-10-13-7-8-14(18)9-15(13)19/h3-9,12H,10H2,1-2H3,(H,20,21). The van der Waals surface area contributed by atoms with Gasteiger partial charge in [-0.25, -0.2) is 0 Å². The molecule has 0 aliphatic carbocycles. The molecule has 1 unspecified atom stereocenters. The molecule has 0 heterocycles. The van der Waals surface area contributed by atoms with E-state index in [4.69, 9.17) is 27.9 Å². The van der Waals surface area contributed by atoms with Gasteiger partial charge in [0.25, 0.3) is 5.91 Å². The second kappa shape index (κ2) is 7.52. The molecule has 22 heavy (non-hydrogen) atoms. The number of ether oxygens (including phenoxy) is 1. The number of carbonyl (C=O) groups is 1. The van der Waals surface area contributed by atoms with Gasteiger partial charge in [0.15, 0.2) is 6.10 Å². The number of aryl methyl sites for hydroxylation is 1. The molecule has 116 valence electrons. The predicted octanol–water partition coefficient (Wildman–Crippen LogP) is 4.39. The van der Waals surface area contributed by atoms with E-state index in [1.54, 1.807) is 25.1 Å². The van der Waals surface area contributed by atoms with E-state index >= 15 is 0 Å². The van der Waals surface area contributed by atoms with Crippen LogP contribution in [-0.2, 0) is 11.3 Å². The number of nitrogens with one attached hydrogen (secondary N) is 1. The summed E-state index contributed by atoms with van der Waals surface area (Å²) in [6, 6.07) is 12.8. The topological polar surface area (TPSA) is 38.3 Å². The van der Waals surface area contributed by atoms with Gasteiger partial charge in [-0.05, 0) is 43.2 Å². The van der Waals surface area contributed by atoms with Crippen LogP contribution in [0.1, 0.15) is 18.1 Å². The Labute approximate surface area is 140 Å². The van der Waals surface area contributed by atoms with Gasteiger partial charge in [0, 0.05) is 16.6 Å². The van der Waals surface area contributed by atoms with Gasteiger partial charge in [-0.2, -0.15) is 0 Å². The predicted molar refractivity (Wildman–Crippen MR) is 89.6 cm³/mol. The van der Waals surface area contributed by atoms with Gasteiger partial charge in [0.05, 0.1) is 0 Å². The van der Waals surface area contributed by atoms with Crippen molar-refractivity contribution in [1.29, 1.82) is 0 Å². The van der Waals surface area contributed by atoms with E-state index in [1.807, 2.05) is 31.2 Å². The zero-order valence-electron chi connectivity index (χ0n) is 12.4. The Morgan fingerprint density at radius 1 is 1.23 bits per heavy atom. The van der Waals surface area contributed by atoms with Gasteiger partial charge >= 0.3 is 0 Å². The van der Waals surface area contributed by atoms with Crippen LogP contribution in [0.15, 0.2) is 42.5 Å². The number of para-hydroxylation sites is 1. The number of hydrogen-bond donors (Lipinski definition) is 1. The smallest absolute Gasteiger partial charge is 0.261 e. The second-order valence-corrected chi connectivity index (χ2v) is 5.82. The first-order valence-electron chi connectivity index (χ1n) is 6.91. The highest BCUT2D eigenvalue weighted by Gasteiger charge is 2.15. The average molecular weight is 338 g/mol. The van der Waals surface area contributed by atoms with E-state index in [2.05, 4.69) is 5.32 Å². The quantitative estimate of drug-likeness (QED) is 0.878. The fraction of sp³-hybridized carbons (Fsp3) is 0.235. The maximum atomic E-state index is 12.1. The number of halogens is 2. The Kier molecular flexibility index (Phi) is 5.69. The van der Waals surface area contributed by atoms with Crippen LogP contribution in [0.3, 0.4) is 0 Å². The molecule has 2 rings (SSSR count). The third kappa shape index (κ3) is 4.39. The van der Waals surface area contributed by atoms with E-state index in [9.17, 15) is 4.79 Å². The summed E-state index contributed by atoms with van der Waals surface area (Å²) in [6.45, 7) is 3.98. The van der Waals surface area contributed by atoms with Crippen molar-refractivity contribution in [2.24, 2.45) is 0 Å². The summed E-state index contributed by atoms with van der Waals surface area (Å²) in [5.41, 5.74) is 1.80. The number of carbonyl (C=O) groups excluding carboxylic acids is 1. The van der Waals surface area contributed by atoms with Crippen LogP contribution in [0.2, 0.25) is 10.0 Å². The zero-order valence-corrected chi connectivity index (χ0v) is 13.9. The monoisotopic (exact) mass is 337 g/mol. The highest BCUT2D eigenvalue weighted by molar-refractivity contribution is 6.35. The molecule has 3 nitrogen and oxygen atoms in total. The first-order chi connectivity index (χ1) is 10.5. The molecule has 0 fully saturated rings. The van der Waals surface area contributed by atoms with Crippen molar-refractivity contribution >= 4 is 29.1 Å². The first kappa shape index (κ1) is 16.7. The lowest BCUT2D eigenvalue weighted by Crippen LogP contribution is -2.36. The SMILES string of the molecule is Cc1ccccc1OC(C)C(=O)NCc1ccc(Cl)cc1Cl. The van der Waals surface area contributed by atoms with Crippen LogP contribution in [0.5, 0.6) is 5.75 Å². The maximum Gasteiger partial charge on any atom is 0.261 e. The van der Waals surface area contributed by atoms with Crippen molar-refractivity contribution in [3.8, 4) is 5.75 Å². The van der Waals surface area contributed by atoms with Gasteiger partial charge < -0.3 is 10.1 Å². The minimum atomic E-state index is -0.591. The van der Waals surface area contributed by atoms with Crippen LogP contribution in [0.4, 0.5) is 0 Å². The Hall–Kier alpha value is -1.71. The molecule has 5 heteroatoms. The van der Waals surface area contributed by atoms with Crippen LogP contribution in [0, 0.1) is 6.92 Å². The summed E-state index contributed by atoms with van der Waals surface area (Å²) in [7, 11) is 0. The summed E-state index contributed by atoms with van der Waals surface area (Å²) in [4.78, 5) is 12.1.